The van der Waals surface area contributed by atoms with Crippen LogP contribution in [0.3, 0.4) is 0 Å². The van der Waals surface area contributed by atoms with E-state index in [0.29, 0.717) is 5.92 Å². The first-order chi connectivity index (χ1) is 9.16. The van der Waals surface area contributed by atoms with Gasteiger partial charge in [-0.15, -0.1) is 0 Å². The molecule has 0 amide bonds. The van der Waals surface area contributed by atoms with Crippen LogP contribution in [-0.2, 0) is 4.74 Å². The fourth-order valence-electron chi connectivity index (χ4n) is 3.19. The maximum atomic E-state index is 6.07. The third-order valence-electron chi connectivity index (χ3n) is 4.71. The van der Waals surface area contributed by atoms with Gasteiger partial charge in [-0.25, -0.2) is 0 Å². The summed E-state index contributed by atoms with van der Waals surface area (Å²) < 4.78 is 5.29. The third kappa shape index (κ3) is 5.41. The molecule has 0 aromatic heterocycles. The number of unbranched alkanes of at least 4 members (excludes halogenated alkanes) is 4. The zero-order chi connectivity index (χ0) is 14.1. The van der Waals surface area contributed by atoms with Gasteiger partial charge in [0.05, 0.1) is 6.61 Å². The van der Waals surface area contributed by atoms with E-state index in [4.69, 9.17) is 10.5 Å². The van der Waals surface area contributed by atoms with Crippen molar-refractivity contribution >= 4 is 0 Å². The maximum absolute atomic E-state index is 6.07. The fraction of sp³-hybridized carbons (Fsp3) is 1.00. The Morgan fingerprint density at radius 1 is 1.26 bits per heavy atom. The van der Waals surface area contributed by atoms with E-state index in [1.54, 1.807) is 7.11 Å². The Labute approximate surface area is 119 Å². The van der Waals surface area contributed by atoms with Crippen LogP contribution in [0.15, 0.2) is 0 Å². The minimum absolute atomic E-state index is 0.203. The summed E-state index contributed by atoms with van der Waals surface area (Å²) in [6.45, 7) is 8.65. The van der Waals surface area contributed by atoms with Crippen molar-refractivity contribution in [2.75, 3.05) is 33.4 Å². The van der Waals surface area contributed by atoms with Crippen molar-refractivity contribution in [1.82, 2.24) is 4.90 Å². The first-order valence-corrected chi connectivity index (χ1v) is 8.10. The number of likely N-dealkylation sites (tertiary alicyclic amines) is 1. The van der Waals surface area contributed by atoms with Crippen LogP contribution in [0, 0.1) is 5.92 Å². The summed E-state index contributed by atoms with van der Waals surface area (Å²) in [5, 5.41) is 0. The molecule has 2 atom stereocenters. The average molecular weight is 270 g/mol. The van der Waals surface area contributed by atoms with Gasteiger partial charge in [0.2, 0.25) is 0 Å². The zero-order valence-electron chi connectivity index (χ0n) is 13.3. The number of nitrogens with two attached hydrogens (primary N) is 1. The molecular weight excluding hydrogens is 236 g/mol. The van der Waals surface area contributed by atoms with E-state index in [1.165, 1.54) is 51.5 Å². The average Bonchev–Trinajstić information content (AvgIpc) is 2.88. The molecule has 1 fully saturated rings. The lowest BCUT2D eigenvalue weighted by Crippen LogP contribution is -2.50. The molecule has 3 heteroatoms. The number of rotatable bonds is 10. The molecule has 114 valence electrons. The Morgan fingerprint density at radius 2 is 2.00 bits per heavy atom. The normalized spacial score (nSPS) is 23.7. The van der Waals surface area contributed by atoms with E-state index < -0.39 is 0 Å². The molecular formula is C16H34N2O. The lowest BCUT2D eigenvalue weighted by Gasteiger charge is -2.38. The molecule has 2 N–H and O–H groups in total. The molecule has 2 unspecified atom stereocenters. The molecule has 0 saturated carbocycles. The predicted molar refractivity (Wildman–Crippen MR) is 82.4 cm³/mol. The molecule has 1 heterocycles. The van der Waals surface area contributed by atoms with Crippen molar-refractivity contribution in [3.05, 3.63) is 0 Å². The second-order valence-electron chi connectivity index (χ2n) is 6.42. The molecule has 3 nitrogen and oxygen atoms in total. The first-order valence-electron chi connectivity index (χ1n) is 8.10. The van der Waals surface area contributed by atoms with Gasteiger partial charge in [0.15, 0.2) is 0 Å². The van der Waals surface area contributed by atoms with E-state index in [2.05, 4.69) is 18.7 Å². The second-order valence-corrected chi connectivity index (χ2v) is 6.42. The lowest BCUT2D eigenvalue weighted by atomic mass is 9.92. The molecule has 0 radical (unpaired) electrons. The van der Waals surface area contributed by atoms with Gasteiger partial charge in [-0.1, -0.05) is 39.0 Å². The van der Waals surface area contributed by atoms with E-state index in [-0.39, 0.29) is 5.54 Å². The Morgan fingerprint density at radius 3 is 2.63 bits per heavy atom. The summed E-state index contributed by atoms with van der Waals surface area (Å²) in [6.07, 6.45) is 9.26. The van der Waals surface area contributed by atoms with Crippen LogP contribution in [0.1, 0.15) is 58.8 Å². The Kier molecular flexibility index (Phi) is 7.96. The van der Waals surface area contributed by atoms with E-state index >= 15 is 0 Å². The van der Waals surface area contributed by atoms with Gasteiger partial charge in [0, 0.05) is 25.7 Å². The van der Waals surface area contributed by atoms with E-state index in [1.807, 2.05) is 0 Å². The summed E-state index contributed by atoms with van der Waals surface area (Å²) in [5.74, 6) is 0.705. The van der Waals surface area contributed by atoms with Gasteiger partial charge in [-0.05, 0) is 32.2 Å². The number of nitrogens with zero attached hydrogens (tertiary/aromatic N) is 1. The Hall–Kier alpha value is -0.120. The fourth-order valence-corrected chi connectivity index (χ4v) is 3.19. The summed E-state index contributed by atoms with van der Waals surface area (Å²) in [5.41, 5.74) is 6.28. The van der Waals surface area contributed by atoms with Gasteiger partial charge < -0.3 is 10.5 Å². The van der Waals surface area contributed by atoms with Crippen LogP contribution in [-0.4, -0.2) is 43.8 Å². The molecule has 0 aromatic carbocycles. The quantitative estimate of drug-likeness (QED) is 0.620. The summed E-state index contributed by atoms with van der Waals surface area (Å²) in [4.78, 5) is 2.61. The summed E-state index contributed by atoms with van der Waals surface area (Å²) in [7, 11) is 1.80. The van der Waals surface area contributed by atoms with Crippen molar-refractivity contribution in [2.45, 2.75) is 64.3 Å². The number of ether oxygens (including phenoxy) is 1. The summed E-state index contributed by atoms with van der Waals surface area (Å²) >= 11 is 0. The van der Waals surface area contributed by atoms with Gasteiger partial charge >= 0.3 is 0 Å². The SMILES string of the molecule is CCCCCCCC(C)(CN)N1CCC(COC)C1. The maximum Gasteiger partial charge on any atom is 0.0503 e. The van der Waals surface area contributed by atoms with Crippen molar-refractivity contribution < 1.29 is 4.74 Å². The number of hydrogen-bond donors (Lipinski definition) is 1. The third-order valence-corrected chi connectivity index (χ3v) is 4.71. The predicted octanol–water partition coefficient (Wildman–Crippen LogP) is 3.03. The van der Waals surface area contributed by atoms with Crippen molar-refractivity contribution in [1.29, 1.82) is 0 Å². The van der Waals surface area contributed by atoms with Crippen LogP contribution >= 0.6 is 0 Å². The summed E-state index contributed by atoms with van der Waals surface area (Å²) in [6, 6.07) is 0. The first kappa shape index (κ1) is 16.9. The zero-order valence-corrected chi connectivity index (χ0v) is 13.3. The Balaban J connectivity index is 2.33. The van der Waals surface area contributed by atoms with Gasteiger partial charge in [0.1, 0.15) is 0 Å². The molecule has 0 bridgehead atoms. The molecule has 1 aliphatic rings. The molecule has 1 rings (SSSR count). The second kappa shape index (κ2) is 8.93. The van der Waals surface area contributed by atoms with Crippen LogP contribution in [0.5, 0.6) is 0 Å². The Bertz CT molecular complexity index is 235. The highest BCUT2D eigenvalue weighted by Gasteiger charge is 2.35. The molecule has 0 aromatic rings. The monoisotopic (exact) mass is 270 g/mol. The highest BCUT2D eigenvalue weighted by atomic mass is 16.5. The number of methoxy groups -OCH3 is 1. The highest BCUT2D eigenvalue weighted by molar-refractivity contribution is 4.92. The van der Waals surface area contributed by atoms with Crippen LogP contribution in [0.4, 0.5) is 0 Å². The van der Waals surface area contributed by atoms with E-state index in [9.17, 15) is 0 Å². The molecule has 1 aliphatic heterocycles. The number of hydrogen-bond acceptors (Lipinski definition) is 3. The van der Waals surface area contributed by atoms with Gasteiger partial charge in [-0.2, -0.15) is 0 Å². The standard InChI is InChI=1S/C16H34N2O/c1-4-5-6-7-8-10-16(2,14-17)18-11-9-15(12-18)13-19-3/h15H,4-14,17H2,1-3H3. The molecule has 1 saturated heterocycles. The van der Waals surface area contributed by atoms with Crippen molar-refractivity contribution in [2.24, 2.45) is 11.7 Å². The molecule has 19 heavy (non-hydrogen) atoms. The minimum atomic E-state index is 0.203. The topological polar surface area (TPSA) is 38.5 Å². The van der Waals surface area contributed by atoms with E-state index in [0.717, 1.165) is 19.7 Å². The van der Waals surface area contributed by atoms with Crippen LogP contribution in [0.2, 0.25) is 0 Å². The van der Waals surface area contributed by atoms with Crippen LogP contribution in [0.25, 0.3) is 0 Å². The molecule has 0 aliphatic carbocycles. The van der Waals surface area contributed by atoms with Crippen molar-refractivity contribution in [3.8, 4) is 0 Å². The van der Waals surface area contributed by atoms with Crippen LogP contribution < -0.4 is 5.73 Å². The molecule has 0 spiro atoms. The minimum Gasteiger partial charge on any atom is -0.384 e. The highest BCUT2D eigenvalue weighted by Crippen LogP contribution is 2.28. The largest absolute Gasteiger partial charge is 0.384 e. The van der Waals surface area contributed by atoms with Crippen molar-refractivity contribution in [3.63, 3.8) is 0 Å². The van der Waals surface area contributed by atoms with Gasteiger partial charge in [0.25, 0.3) is 0 Å². The lowest BCUT2D eigenvalue weighted by molar-refractivity contribution is 0.107. The smallest absolute Gasteiger partial charge is 0.0503 e. The van der Waals surface area contributed by atoms with Gasteiger partial charge in [-0.3, -0.25) is 4.90 Å².